The van der Waals surface area contributed by atoms with Crippen molar-refractivity contribution in [2.75, 3.05) is 0 Å². The van der Waals surface area contributed by atoms with Crippen molar-refractivity contribution >= 4 is 5.97 Å². The van der Waals surface area contributed by atoms with E-state index in [0.717, 1.165) is 17.7 Å². The molecule has 1 heterocycles. The lowest BCUT2D eigenvalue weighted by atomic mass is 10.0. The first-order chi connectivity index (χ1) is 9.70. The Kier molecular flexibility index (Phi) is 4.85. The predicted octanol–water partition coefficient (Wildman–Crippen LogP) is 2.56. The normalized spacial score (nSPS) is 12.1. The molecule has 1 aromatic carbocycles. The van der Waals surface area contributed by atoms with Crippen LogP contribution < -0.4 is 5.32 Å². The highest BCUT2D eigenvalue weighted by Crippen LogP contribution is 2.15. The number of aryl methyl sites for hydroxylation is 1. The van der Waals surface area contributed by atoms with Crippen LogP contribution in [0.5, 0.6) is 0 Å². The first-order valence-electron chi connectivity index (χ1n) is 6.65. The van der Waals surface area contributed by atoms with Crippen molar-refractivity contribution < 1.29 is 9.90 Å². The summed E-state index contributed by atoms with van der Waals surface area (Å²) in [5.41, 5.74) is 2.78. The van der Waals surface area contributed by atoms with E-state index in [4.69, 9.17) is 0 Å². The maximum atomic E-state index is 11.4. The largest absolute Gasteiger partial charge is 0.480 e. The Morgan fingerprint density at radius 1 is 1.25 bits per heavy atom. The van der Waals surface area contributed by atoms with Crippen molar-refractivity contribution in [3.63, 3.8) is 0 Å². The fourth-order valence-corrected chi connectivity index (χ4v) is 2.00. The Hall–Kier alpha value is -2.20. The zero-order valence-corrected chi connectivity index (χ0v) is 11.4. The smallest absolute Gasteiger partial charge is 0.325 e. The summed E-state index contributed by atoms with van der Waals surface area (Å²) in [6, 6.07) is 12.5. The molecule has 2 N–H and O–H groups in total. The van der Waals surface area contributed by atoms with E-state index in [1.807, 2.05) is 42.5 Å². The summed E-state index contributed by atoms with van der Waals surface area (Å²) < 4.78 is 0. The zero-order chi connectivity index (χ0) is 14.4. The quantitative estimate of drug-likeness (QED) is 0.847. The van der Waals surface area contributed by atoms with E-state index in [0.29, 0.717) is 6.54 Å². The molecule has 0 radical (unpaired) electrons. The van der Waals surface area contributed by atoms with Gasteiger partial charge in [-0.15, -0.1) is 0 Å². The van der Waals surface area contributed by atoms with Crippen LogP contribution in [0, 0.1) is 0 Å². The second-order valence-electron chi connectivity index (χ2n) is 4.57. The van der Waals surface area contributed by atoms with Crippen molar-refractivity contribution in [3.05, 3.63) is 65.5 Å². The van der Waals surface area contributed by atoms with Gasteiger partial charge in [0.2, 0.25) is 0 Å². The molecule has 4 nitrogen and oxygen atoms in total. The number of nitrogens with zero attached hydrogens (tertiary/aromatic N) is 1. The van der Waals surface area contributed by atoms with Crippen LogP contribution >= 0.6 is 0 Å². The lowest BCUT2D eigenvalue weighted by Crippen LogP contribution is -2.28. The van der Waals surface area contributed by atoms with Gasteiger partial charge in [0.05, 0.1) is 5.69 Å². The van der Waals surface area contributed by atoms with Crippen LogP contribution in [0.3, 0.4) is 0 Å². The zero-order valence-electron chi connectivity index (χ0n) is 11.4. The van der Waals surface area contributed by atoms with E-state index in [1.54, 1.807) is 6.20 Å². The van der Waals surface area contributed by atoms with E-state index in [-0.39, 0.29) is 0 Å². The number of aromatic nitrogens is 1. The lowest BCUT2D eigenvalue weighted by Gasteiger charge is -2.15. The van der Waals surface area contributed by atoms with Gasteiger partial charge in [-0.25, -0.2) is 0 Å². The third-order valence-corrected chi connectivity index (χ3v) is 3.18. The van der Waals surface area contributed by atoms with Crippen LogP contribution in [0.2, 0.25) is 0 Å². The first kappa shape index (κ1) is 14.2. The van der Waals surface area contributed by atoms with Gasteiger partial charge in [0.15, 0.2) is 0 Å². The minimum absolute atomic E-state index is 0.424. The van der Waals surface area contributed by atoms with E-state index in [2.05, 4.69) is 17.2 Å². The molecular weight excluding hydrogens is 252 g/mol. The number of hydrogen-bond donors (Lipinski definition) is 2. The minimum atomic E-state index is -0.884. The summed E-state index contributed by atoms with van der Waals surface area (Å²) >= 11 is 0. The molecule has 2 aromatic rings. The van der Waals surface area contributed by atoms with Crippen molar-refractivity contribution in [1.82, 2.24) is 10.3 Å². The molecule has 0 bridgehead atoms. The van der Waals surface area contributed by atoms with Crippen molar-refractivity contribution in [2.45, 2.75) is 25.9 Å². The Morgan fingerprint density at radius 2 is 2.00 bits per heavy atom. The summed E-state index contributed by atoms with van der Waals surface area (Å²) in [4.78, 5) is 15.6. The molecule has 0 aliphatic rings. The SMILES string of the molecule is CCc1ccc(C(NCc2ccccn2)C(=O)O)cc1. The van der Waals surface area contributed by atoms with E-state index < -0.39 is 12.0 Å². The highest BCUT2D eigenvalue weighted by molar-refractivity contribution is 5.75. The lowest BCUT2D eigenvalue weighted by molar-refractivity contribution is -0.139. The maximum Gasteiger partial charge on any atom is 0.325 e. The van der Waals surface area contributed by atoms with Crippen LogP contribution in [0.1, 0.15) is 29.8 Å². The molecule has 1 aromatic heterocycles. The number of carboxylic acid groups (broad SMARTS) is 1. The number of pyridine rings is 1. The summed E-state index contributed by atoms with van der Waals surface area (Å²) in [6.07, 6.45) is 2.64. The van der Waals surface area contributed by atoms with Gasteiger partial charge in [-0.2, -0.15) is 0 Å². The van der Waals surface area contributed by atoms with E-state index >= 15 is 0 Å². The number of nitrogens with one attached hydrogen (secondary N) is 1. The second-order valence-corrected chi connectivity index (χ2v) is 4.57. The molecule has 1 atom stereocenters. The van der Waals surface area contributed by atoms with Crippen LogP contribution in [0.4, 0.5) is 0 Å². The first-order valence-corrected chi connectivity index (χ1v) is 6.65. The van der Waals surface area contributed by atoms with Crippen LogP contribution in [0.25, 0.3) is 0 Å². The van der Waals surface area contributed by atoms with Gasteiger partial charge < -0.3 is 5.11 Å². The molecule has 0 aliphatic heterocycles. The summed E-state index contributed by atoms with van der Waals surface area (Å²) in [7, 11) is 0. The topological polar surface area (TPSA) is 62.2 Å². The van der Waals surface area contributed by atoms with Crippen LogP contribution in [-0.2, 0) is 17.8 Å². The van der Waals surface area contributed by atoms with Gasteiger partial charge >= 0.3 is 5.97 Å². The number of carbonyl (C=O) groups is 1. The van der Waals surface area contributed by atoms with Gasteiger partial charge in [0, 0.05) is 12.7 Å². The Bertz CT molecular complexity index is 552. The number of aliphatic carboxylic acids is 1. The molecule has 0 spiro atoms. The van der Waals surface area contributed by atoms with Crippen molar-refractivity contribution in [2.24, 2.45) is 0 Å². The van der Waals surface area contributed by atoms with Crippen molar-refractivity contribution in [1.29, 1.82) is 0 Å². The van der Waals surface area contributed by atoms with Crippen LogP contribution in [0.15, 0.2) is 48.7 Å². The molecule has 2 rings (SSSR count). The van der Waals surface area contributed by atoms with E-state index in [9.17, 15) is 9.90 Å². The molecule has 104 valence electrons. The number of carboxylic acids is 1. The summed E-state index contributed by atoms with van der Waals surface area (Å²) in [5.74, 6) is -0.884. The highest BCUT2D eigenvalue weighted by atomic mass is 16.4. The molecule has 0 saturated carbocycles. The van der Waals surface area contributed by atoms with E-state index in [1.165, 1.54) is 5.56 Å². The number of hydrogen-bond acceptors (Lipinski definition) is 3. The summed E-state index contributed by atoms with van der Waals surface area (Å²) in [6.45, 7) is 2.50. The van der Waals surface area contributed by atoms with Gasteiger partial charge in [0.25, 0.3) is 0 Å². The highest BCUT2D eigenvalue weighted by Gasteiger charge is 2.18. The standard InChI is InChI=1S/C16H18N2O2/c1-2-12-6-8-13(9-7-12)15(16(19)20)18-11-14-5-3-4-10-17-14/h3-10,15,18H,2,11H2,1H3,(H,19,20). The fraction of sp³-hybridized carbons (Fsp3) is 0.250. The van der Waals surface area contributed by atoms with Gasteiger partial charge in [-0.3, -0.25) is 15.1 Å². The average Bonchev–Trinajstić information content (AvgIpc) is 2.49. The molecular formula is C16H18N2O2. The Morgan fingerprint density at radius 3 is 2.55 bits per heavy atom. The molecule has 0 fully saturated rings. The minimum Gasteiger partial charge on any atom is -0.480 e. The fourth-order valence-electron chi connectivity index (χ4n) is 2.00. The molecule has 0 aliphatic carbocycles. The molecule has 20 heavy (non-hydrogen) atoms. The third-order valence-electron chi connectivity index (χ3n) is 3.18. The molecule has 0 saturated heterocycles. The Labute approximate surface area is 118 Å². The molecule has 4 heteroatoms. The Balaban J connectivity index is 2.08. The monoisotopic (exact) mass is 270 g/mol. The second kappa shape index (κ2) is 6.82. The van der Waals surface area contributed by atoms with Gasteiger partial charge in [0.1, 0.15) is 6.04 Å². The van der Waals surface area contributed by atoms with Crippen molar-refractivity contribution in [3.8, 4) is 0 Å². The maximum absolute atomic E-state index is 11.4. The summed E-state index contributed by atoms with van der Waals surface area (Å²) in [5, 5.41) is 12.4. The van der Waals surface area contributed by atoms with Crippen LogP contribution in [-0.4, -0.2) is 16.1 Å². The molecule has 1 unspecified atom stereocenters. The average molecular weight is 270 g/mol. The third kappa shape index (κ3) is 3.65. The number of rotatable bonds is 6. The van der Waals surface area contributed by atoms with Gasteiger partial charge in [-0.1, -0.05) is 37.3 Å². The number of benzene rings is 1. The van der Waals surface area contributed by atoms with Gasteiger partial charge in [-0.05, 0) is 29.7 Å². The molecule has 0 amide bonds. The predicted molar refractivity (Wildman–Crippen MR) is 77.3 cm³/mol.